The van der Waals surface area contributed by atoms with Gasteiger partial charge < -0.3 is 10.6 Å². The maximum absolute atomic E-state index is 12.4. The van der Waals surface area contributed by atoms with Crippen LogP contribution in [0.4, 0.5) is 5.95 Å². The van der Waals surface area contributed by atoms with Crippen molar-refractivity contribution in [3.63, 3.8) is 0 Å². The fourth-order valence-electron chi connectivity index (χ4n) is 3.26. The molecule has 1 aliphatic heterocycles. The van der Waals surface area contributed by atoms with E-state index >= 15 is 0 Å². The van der Waals surface area contributed by atoms with E-state index in [0.717, 1.165) is 30.5 Å². The monoisotopic (exact) mass is 337 g/mol. The molecule has 4 rings (SSSR count). The van der Waals surface area contributed by atoms with Crippen LogP contribution in [0.1, 0.15) is 43.2 Å². The molecule has 2 unspecified atom stereocenters. The summed E-state index contributed by atoms with van der Waals surface area (Å²) in [7, 11) is 0. The number of aromatic nitrogens is 3. The van der Waals surface area contributed by atoms with Crippen molar-refractivity contribution in [2.24, 2.45) is 5.92 Å². The van der Waals surface area contributed by atoms with E-state index in [1.54, 1.807) is 0 Å². The van der Waals surface area contributed by atoms with E-state index in [1.807, 2.05) is 12.2 Å². The second-order valence-electron chi connectivity index (χ2n) is 6.88. The number of hydrogen-bond acceptors (Lipinski definition) is 5. The SMILES string of the molecule is CC1C=CC(NCC2CC(=O)n3nc(C4=CC=CCC4)nc3N2)=CC1. The molecule has 2 aliphatic carbocycles. The minimum absolute atomic E-state index is 0.00644. The molecule has 0 spiro atoms. The van der Waals surface area contributed by atoms with E-state index in [0.29, 0.717) is 30.7 Å². The first-order valence-electron chi connectivity index (χ1n) is 8.94. The highest BCUT2D eigenvalue weighted by Crippen LogP contribution is 2.24. The molecule has 0 radical (unpaired) electrons. The van der Waals surface area contributed by atoms with Crippen molar-refractivity contribution in [3.05, 3.63) is 48.0 Å². The van der Waals surface area contributed by atoms with Crippen molar-refractivity contribution in [2.45, 2.75) is 38.6 Å². The Hall–Kier alpha value is -2.63. The Morgan fingerprint density at radius 3 is 3.12 bits per heavy atom. The van der Waals surface area contributed by atoms with Crippen LogP contribution in [0.3, 0.4) is 0 Å². The number of allylic oxidation sites excluding steroid dienone is 7. The lowest BCUT2D eigenvalue weighted by Gasteiger charge is -2.24. The van der Waals surface area contributed by atoms with Crippen LogP contribution in [-0.2, 0) is 0 Å². The molecule has 0 bridgehead atoms. The van der Waals surface area contributed by atoms with Crippen molar-refractivity contribution in [1.82, 2.24) is 20.1 Å². The minimum atomic E-state index is -0.00644. The van der Waals surface area contributed by atoms with Crippen molar-refractivity contribution < 1.29 is 4.79 Å². The maximum atomic E-state index is 12.4. The summed E-state index contributed by atoms with van der Waals surface area (Å²) < 4.78 is 1.41. The highest BCUT2D eigenvalue weighted by atomic mass is 16.2. The fourth-order valence-corrected chi connectivity index (χ4v) is 3.26. The normalized spacial score (nSPS) is 25.1. The first-order valence-corrected chi connectivity index (χ1v) is 8.94. The lowest BCUT2D eigenvalue weighted by atomic mass is 10.0. The topological polar surface area (TPSA) is 71.8 Å². The highest BCUT2D eigenvalue weighted by Gasteiger charge is 2.28. The van der Waals surface area contributed by atoms with Gasteiger partial charge in [-0.2, -0.15) is 9.67 Å². The molecule has 130 valence electrons. The van der Waals surface area contributed by atoms with Gasteiger partial charge in [-0.25, -0.2) is 0 Å². The minimum Gasteiger partial charge on any atom is -0.383 e. The Balaban J connectivity index is 1.43. The van der Waals surface area contributed by atoms with E-state index < -0.39 is 0 Å². The molecule has 6 heteroatoms. The van der Waals surface area contributed by atoms with Gasteiger partial charge in [0.05, 0.1) is 12.5 Å². The Labute approximate surface area is 147 Å². The molecule has 2 atom stereocenters. The molecule has 0 aromatic carbocycles. The number of anilines is 1. The number of fused-ring (bicyclic) bond motifs is 1. The lowest BCUT2D eigenvalue weighted by molar-refractivity contribution is 0.0872. The van der Waals surface area contributed by atoms with Gasteiger partial charge >= 0.3 is 0 Å². The summed E-state index contributed by atoms with van der Waals surface area (Å²) in [6, 6.07) is 0.0194. The van der Waals surface area contributed by atoms with Crippen LogP contribution in [0, 0.1) is 5.92 Å². The average Bonchev–Trinajstić information content (AvgIpc) is 3.07. The molecule has 6 nitrogen and oxygen atoms in total. The third kappa shape index (κ3) is 3.43. The number of rotatable bonds is 4. The van der Waals surface area contributed by atoms with Crippen molar-refractivity contribution in [3.8, 4) is 0 Å². The quantitative estimate of drug-likeness (QED) is 0.884. The molecule has 0 saturated heterocycles. The van der Waals surface area contributed by atoms with E-state index in [9.17, 15) is 4.79 Å². The first kappa shape index (κ1) is 15.9. The van der Waals surface area contributed by atoms with E-state index in [-0.39, 0.29) is 11.9 Å². The van der Waals surface area contributed by atoms with Gasteiger partial charge in [-0.05, 0) is 36.8 Å². The smallest absolute Gasteiger partial charge is 0.252 e. The molecule has 0 saturated carbocycles. The van der Waals surface area contributed by atoms with Gasteiger partial charge in [-0.15, -0.1) is 5.10 Å². The van der Waals surface area contributed by atoms with Crippen LogP contribution in [-0.4, -0.2) is 33.3 Å². The summed E-state index contributed by atoms with van der Waals surface area (Å²) in [6.07, 6.45) is 16.1. The van der Waals surface area contributed by atoms with Gasteiger partial charge in [0.25, 0.3) is 5.91 Å². The average molecular weight is 337 g/mol. The summed E-state index contributed by atoms with van der Waals surface area (Å²) in [5.41, 5.74) is 2.21. The van der Waals surface area contributed by atoms with Crippen LogP contribution in [0.2, 0.25) is 0 Å². The summed E-state index contributed by atoms with van der Waals surface area (Å²) in [5, 5.41) is 11.2. The maximum Gasteiger partial charge on any atom is 0.252 e. The predicted octanol–water partition coefficient (Wildman–Crippen LogP) is 2.91. The molecule has 2 N–H and O–H groups in total. The number of nitrogens with zero attached hydrogens (tertiary/aromatic N) is 3. The van der Waals surface area contributed by atoms with Gasteiger partial charge in [-0.1, -0.05) is 37.3 Å². The molecule has 2 heterocycles. The van der Waals surface area contributed by atoms with E-state index in [4.69, 9.17) is 0 Å². The molecule has 0 amide bonds. The van der Waals surface area contributed by atoms with Gasteiger partial charge in [0, 0.05) is 12.2 Å². The van der Waals surface area contributed by atoms with Gasteiger partial charge in [0.2, 0.25) is 5.95 Å². The largest absolute Gasteiger partial charge is 0.383 e. The first-order chi connectivity index (χ1) is 12.2. The third-order valence-electron chi connectivity index (χ3n) is 4.77. The van der Waals surface area contributed by atoms with Crippen LogP contribution in [0.5, 0.6) is 0 Å². The summed E-state index contributed by atoms with van der Waals surface area (Å²) >= 11 is 0. The number of carbonyl (C=O) groups is 1. The standard InChI is InChI=1S/C19H23N5O/c1-13-7-9-15(10-8-13)20-12-16-11-17(25)24-19(21-16)22-18(23-24)14-5-3-2-4-6-14/h2-3,5,7,9-10,13,16,20H,4,6,8,11-12H2,1H3,(H,21,22,23). The molecule has 1 aromatic heterocycles. The summed E-state index contributed by atoms with van der Waals surface area (Å²) in [5.74, 6) is 1.80. The van der Waals surface area contributed by atoms with Crippen LogP contribution in [0.15, 0.2) is 42.2 Å². The Morgan fingerprint density at radius 2 is 2.36 bits per heavy atom. The zero-order valence-corrected chi connectivity index (χ0v) is 14.4. The molecule has 3 aliphatic rings. The Morgan fingerprint density at radius 1 is 1.44 bits per heavy atom. The second kappa shape index (κ2) is 6.70. The molecule has 0 fully saturated rings. The molecular weight excluding hydrogens is 314 g/mol. The molecule has 1 aromatic rings. The fraction of sp³-hybridized carbons (Fsp3) is 0.421. The number of hydrogen-bond donors (Lipinski definition) is 2. The predicted molar refractivity (Wildman–Crippen MR) is 98.0 cm³/mol. The van der Waals surface area contributed by atoms with Crippen LogP contribution >= 0.6 is 0 Å². The third-order valence-corrected chi connectivity index (χ3v) is 4.77. The van der Waals surface area contributed by atoms with Gasteiger partial charge in [0.1, 0.15) is 0 Å². The van der Waals surface area contributed by atoms with Gasteiger partial charge in [-0.3, -0.25) is 4.79 Å². The molecular formula is C19H23N5O. The van der Waals surface area contributed by atoms with Crippen molar-refractivity contribution in [2.75, 3.05) is 11.9 Å². The zero-order chi connectivity index (χ0) is 17.2. The number of carbonyl (C=O) groups excluding carboxylic acids is 1. The lowest BCUT2D eigenvalue weighted by Crippen LogP contribution is -2.40. The van der Waals surface area contributed by atoms with Crippen molar-refractivity contribution >= 4 is 17.4 Å². The number of nitrogens with one attached hydrogen (secondary N) is 2. The Bertz CT molecular complexity index is 799. The Kier molecular flexibility index (Phi) is 4.26. The van der Waals surface area contributed by atoms with Crippen LogP contribution in [0.25, 0.3) is 5.57 Å². The van der Waals surface area contributed by atoms with E-state index in [2.05, 4.69) is 51.9 Å². The highest BCUT2D eigenvalue weighted by molar-refractivity contribution is 5.84. The zero-order valence-electron chi connectivity index (χ0n) is 14.4. The van der Waals surface area contributed by atoms with Gasteiger partial charge in [0.15, 0.2) is 5.82 Å². The summed E-state index contributed by atoms with van der Waals surface area (Å²) in [6.45, 7) is 2.89. The van der Waals surface area contributed by atoms with Crippen LogP contribution < -0.4 is 10.6 Å². The van der Waals surface area contributed by atoms with Crippen molar-refractivity contribution in [1.29, 1.82) is 0 Å². The molecule has 25 heavy (non-hydrogen) atoms. The summed E-state index contributed by atoms with van der Waals surface area (Å²) in [4.78, 5) is 17.0. The second-order valence-corrected chi connectivity index (χ2v) is 6.88. The van der Waals surface area contributed by atoms with E-state index in [1.165, 1.54) is 4.68 Å².